The average molecular weight is 289 g/mol. The average Bonchev–Trinajstić information content (AvgIpc) is 2.91. The summed E-state index contributed by atoms with van der Waals surface area (Å²) in [4.78, 5) is 25.1. The molecule has 5 heteroatoms. The first kappa shape index (κ1) is 15.5. The zero-order chi connectivity index (χ0) is 15.1. The molecule has 1 heterocycles. The molecule has 0 aromatic heterocycles. The quantitative estimate of drug-likeness (QED) is 0.733. The van der Waals surface area contributed by atoms with Gasteiger partial charge < -0.3 is 15.5 Å². The van der Waals surface area contributed by atoms with Gasteiger partial charge in [0.1, 0.15) is 6.04 Å². The number of nitrogens with zero attached hydrogens (tertiary/aromatic N) is 1. The monoisotopic (exact) mass is 289 g/mol. The summed E-state index contributed by atoms with van der Waals surface area (Å²) in [6.07, 6.45) is 1.96. The maximum atomic E-state index is 11.8. The molecule has 1 fully saturated rings. The van der Waals surface area contributed by atoms with Crippen LogP contribution in [0.4, 0.5) is 0 Å². The van der Waals surface area contributed by atoms with Crippen molar-refractivity contribution in [1.29, 1.82) is 0 Å². The molecular formula is C16H23N3O2. The lowest BCUT2D eigenvalue weighted by Crippen LogP contribution is -2.42. The third kappa shape index (κ3) is 5.19. The highest BCUT2D eigenvalue weighted by atomic mass is 16.2. The van der Waals surface area contributed by atoms with Crippen LogP contribution in [0.15, 0.2) is 30.3 Å². The molecule has 1 aromatic rings. The van der Waals surface area contributed by atoms with Crippen molar-refractivity contribution >= 4 is 11.8 Å². The molecule has 1 aromatic carbocycles. The van der Waals surface area contributed by atoms with E-state index >= 15 is 0 Å². The van der Waals surface area contributed by atoms with Crippen molar-refractivity contribution in [2.45, 2.75) is 31.8 Å². The number of hydrogen-bond donors (Lipinski definition) is 2. The molecule has 1 saturated heterocycles. The van der Waals surface area contributed by atoms with E-state index < -0.39 is 0 Å². The van der Waals surface area contributed by atoms with Gasteiger partial charge in [0.25, 0.3) is 0 Å². The summed E-state index contributed by atoms with van der Waals surface area (Å²) in [5.74, 6) is -0.0932. The van der Waals surface area contributed by atoms with Gasteiger partial charge in [0, 0.05) is 19.5 Å². The van der Waals surface area contributed by atoms with Crippen molar-refractivity contribution in [3.05, 3.63) is 35.9 Å². The maximum Gasteiger partial charge on any atom is 0.242 e. The Kier molecular flexibility index (Phi) is 5.75. The normalized spacial score (nSPS) is 17.8. The largest absolute Gasteiger partial charge is 0.354 e. The van der Waals surface area contributed by atoms with E-state index in [4.69, 9.17) is 0 Å². The van der Waals surface area contributed by atoms with Crippen molar-refractivity contribution in [3.63, 3.8) is 0 Å². The maximum absolute atomic E-state index is 11.8. The number of carbonyl (C=O) groups is 2. The summed E-state index contributed by atoms with van der Waals surface area (Å²) in [5, 5.41) is 5.56. The number of carbonyl (C=O) groups excluding carboxylic acids is 2. The van der Waals surface area contributed by atoms with E-state index in [0.717, 1.165) is 19.5 Å². The van der Waals surface area contributed by atoms with Gasteiger partial charge in [0.15, 0.2) is 0 Å². The lowest BCUT2D eigenvalue weighted by atomic mass is 10.2. The lowest BCUT2D eigenvalue weighted by Gasteiger charge is -2.17. The summed E-state index contributed by atoms with van der Waals surface area (Å²) < 4.78 is 0. The molecular weight excluding hydrogens is 266 g/mol. The third-order valence-electron chi connectivity index (χ3n) is 3.62. The van der Waals surface area contributed by atoms with Crippen LogP contribution in [-0.2, 0) is 16.1 Å². The van der Waals surface area contributed by atoms with Crippen LogP contribution in [-0.4, -0.2) is 42.9 Å². The zero-order valence-corrected chi connectivity index (χ0v) is 12.5. The predicted octanol–water partition coefficient (Wildman–Crippen LogP) is 0.903. The van der Waals surface area contributed by atoms with Crippen LogP contribution in [0.1, 0.15) is 24.8 Å². The van der Waals surface area contributed by atoms with Crippen LogP contribution in [0.5, 0.6) is 0 Å². The summed E-state index contributed by atoms with van der Waals surface area (Å²) in [7, 11) is 2.08. The van der Waals surface area contributed by atoms with Gasteiger partial charge in [-0.1, -0.05) is 30.3 Å². The van der Waals surface area contributed by atoms with Gasteiger partial charge in [-0.15, -0.1) is 0 Å². The van der Waals surface area contributed by atoms with Gasteiger partial charge in [-0.25, -0.2) is 0 Å². The second-order valence-corrected chi connectivity index (χ2v) is 5.53. The first-order valence-corrected chi connectivity index (χ1v) is 7.44. The van der Waals surface area contributed by atoms with Gasteiger partial charge in [-0.2, -0.15) is 0 Å². The van der Waals surface area contributed by atoms with Crippen LogP contribution in [0.25, 0.3) is 0 Å². The van der Waals surface area contributed by atoms with Crippen LogP contribution < -0.4 is 10.6 Å². The molecule has 2 N–H and O–H groups in total. The Morgan fingerprint density at radius 3 is 2.81 bits per heavy atom. The Hall–Kier alpha value is -1.88. The predicted molar refractivity (Wildman–Crippen MR) is 81.6 cm³/mol. The number of amides is 2. The molecule has 0 bridgehead atoms. The van der Waals surface area contributed by atoms with E-state index in [2.05, 4.69) is 34.7 Å². The Labute approximate surface area is 125 Å². The highest BCUT2D eigenvalue weighted by Gasteiger charge is 2.26. The molecule has 21 heavy (non-hydrogen) atoms. The Balaban J connectivity index is 1.59. The van der Waals surface area contributed by atoms with E-state index in [1.807, 2.05) is 18.2 Å². The van der Waals surface area contributed by atoms with Crippen LogP contribution >= 0.6 is 0 Å². The second-order valence-electron chi connectivity index (χ2n) is 5.53. The summed E-state index contributed by atoms with van der Waals surface area (Å²) in [6, 6.07) is 9.99. The van der Waals surface area contributed by atoms with Crippen molar-refractivity contribution in [1.82, 2.24) is 15.5 Å². The summed E-state index contributed by atoms with van der Waals surface area (Å²) in [6.45, 7) is 2.48. The van der Waals surface area contributed by atoms with E-state index in [-0.39, 0.29) is 17.9 Å². The molecule has 2 amide bonds. The fraction of sp³-hybridized carbons (Fsp3) is 0.500. The zero-order valence-electron chi connectivity index (χ0n) is 12.5. The van der Waals surface area contributed by atoms with Gasteiger partial charge in [0.05, 0.1) is 0 Å². The van der Waals surface area contributed by atoms with Gasteiger partial charge in [0.2, 0.25) is 11.8 Å². The van der Waals surface area contributed by atoms with E-state index in [0.29, 0.717) is 19.4 Å². The van der Waals surface area contributed by atoms with E-state index in [1.165, 1.54) is 5.56 Å². The minimum Gasteiger partial charge on any atom is -0.354 e. The molecule has 1 aliphatic heterocycles. The SMILES string of the molecule is CN(CCCNC(=O)C1CCC(=O)N1)Cc1ccccc1. The van der Waals surface area contributed by atoms with Crippen molar-refractivity contribution in [2.24, 2.45) is 0 Å². The van der Waals surface area contributed by atoms with Crippen LogP contribution in [0, 0.1) is 0 Å². The lowest BCUT2D eigenvalue weighted by molar-refractivity contribution is -0.125. The molecule has 0 spiro atoms. The highest BCUT2D eigenvalue weighted by Crippen LogP contribution is 2.06. The second kappa shape index (κ2) is 7.78. The molecule has 5 nitrogen and oxygen atoms in total. The molecule has 1 unspecified atom stereocenters. The molecule has 0 radical (unpaired) electrons. The number of hydrogen-bond acceptors (Lipinski definition) is 3. The highest BCUT2D eigenvalue weighted by molar-refractivity contribution is 5.90. The molecule has 1 aliphatic rings. The van der Waals surface area contributed by atoms with Crippen molar-refractivity contribution in [2.75, 3.05) is 20.1 Å². The fourth-order valence-corrected chi connectivity index (χ4v) is 2.47. The molecule has 0 aliphatic carbocycles. The molecule has 2 rings (SSSR count). The van der Waals surface area contributed by atoms with Crippen molar-refractivity contribution < 1.29 is 9.59 Å². The Bertz CT molecular complexity index is 476. The van der Waals surface area contributed by atoms with E-state index in [9.17, 15) is 9.59 Å². The fourth-order valence-electron chi connectivity index (χ4n) is 2.47. The Morgan fingerprint density at radius 1 is 1.38 bits per heavy atom. The molecule has 114 valence electrons. The van der Waals surface area contributed by atoms with Gasteiger partial charge in [-0.3, -0.25) is 9.59 Å². The number of rotatable bonds is 7. The molecule has 0 saturated carbocycles. The summed E-state index contributed by atoms with van der Waals surface area (Å²) >= 11 is 0. The first-order valence-electron chi connectivity index (χ1n) is 7.44. The third-order valence-corrected chi connectivity index (χ3v) is 3.62. The Morgan fingerprint density at radius 2 is 2.14 bits per heavy atom. The van der Waals surface area contributed by atoms with Crippen molar-refractivity contribution in [3.8, 4) is 0 Å². The topological polar surface area (TPSA) is 61.4 Å². The van der Waals surface area contributed by atoms with Crippen LogP contribution in [0.2, 0.25) is 0 Å². The number of nitrogens with one attached hydrogen (secondary N) is 2. The van der Waals surface area contributed by atoms with Gasteiger partial charge in [-0.05, 0) is 32.0 Å². The minimum absolute atomic E-state index is 0.0299. The smallest absolute Gasteiger partial charge is 0.242 e. The van der Waals surface area contributed by atoms with Gasteiger partial charge >= 0.3 is 0 Å². The molecule has 1 atom stereocenters. The van der Waals surface area contributed by atoms with Crippen LogP contribution in [0.3, 0.4) is 0 Å². The van der Waals surface area contributed by atoms with E-state index in [1.54, 1.807) is 0 Å². The number of benzene rings is 1. The first-order chi connectivity index (χ1) is 10.1. The standard InChI is InChI=1S/C16H23N3O2/c1-19(12-13-6-3-2-4-7-13)11-5-10-17-16(21)14-8-9-15(20)18-14/h2-4,6-7,14H,5,8-12H2,1H3,(H,17,21)(H,18,20). The minimum atomic E-state index is -0.334. The summed E-state index contributed by atoms with van der Waals surface area (Å²) in [5.41, 5.74) is 1.29.